The lowest BCUT2D eigenvalue weighted by Crippen LogP contribution is -2.45. The molecule has 2 bridgehead atoms. The van der Waals surface area contributed by atoms with E-state index in [-0.39, 0.29) is 29.7 Å². The molecule has 0 aromatic heterocycles. The van der Waals surface area contributed by atoms with Gasteiger partial charge >= 0.3 is 5.97 Å². The molecule has 0 spiro atoms. The fraction of sp³-hybridized carbons (Fsp3) is 0.750. The number of thioether (sulfide) groups is 1. The van der Waals surface area contributed by atoms with E-state index in [1.165, 1.54) is 0 Å². The zero-order valence-electron chi connectivity index (χ0n) is 12.3. The summed E-state index contributed by atoms with van der Waals surface area (Å²) in [5, 5.41) is 13.3. The molecule has 3 aliphatic carbocycles. The molecule has 21 heavy (non-hydrogen) atoms. The van der Waals surface area contributed by atoms with E-state index in [2.05, 4.69) is 11.6 Å². The number of allylic oxidation sites excluding steroid dienone is 2. The number of carbonyl (C=O) groups is 2. The lowest BCUT2D eigenvalue weighted by atomic mass is 9.82. The molecule has 2 unspecified atom stereocenters. The second-order valence-electron chi connectivity index (χ2n) is 6.56. The van der Waals surface area contributed by atoms with Crippen molar-refractivity contribution >= 4 is 23.6 Å². The van der Waals surface area contributed by atoms with Gasteiger partial charge in [0, 0.05) is 11.3 Å². The van der Waals surface area contributed by atoms with Crippen molar-refractivity contribution in [1.29, 1.82) is 0 Å². The van der Waals surface area contributed by atoms with E-state index in [0.29, 0.717) is 0 Å². The zero-order valence-corrected chi connectivity index (χ0v) is 13.1. The van der Waals surface area contributed by atoms with Crippen LogP contribution in [0.5, 0.6) is 0 Å². The first-order valence-electron chi connectivity index (χ1n) is 7.84. The number of carboxylic acids is 1. The summed E-state index contributed by atoms with van der Waals surface area (Å²) in [6, 6.07) is 0.235. The predicted octanol–water partition coefficient (Wildman–Crippen LogP) is 2.30. The molecule has 0 aliphatic heterocycles. The van der Waals surface area contributed by atoms with Crippen molar-refractivity contribution in [2.75, 3.05) is 6.26 Å². The molecular weight excluding hydrogens is 286 g/mol. The summed E-state index contributed by atoms with van der Waals surface area (Å²) in [4.78, 5) is 24.0. The van der Waals surface area contributed by atoms with Crippen molar-refractivity contribution in [3.63, 3.8) is 0 Å². The number of rotatable bonds is 4. The Hall–Kier alpha value is -0.970. The molecule has 2 N–H and O–H groups in total. The lowest BCUT2D eigenvalue weighted by molar-refractivity contribution is -0.148. The Morgan fingerprint density at radius 1 is 1.10 bits per heavy atom. The number of amides is 1. The van der Waals surface area contributed by atoms with E-state index in [4.69, 9.17) is 0 Å². The smallest absolute Gasteiger partial charge is 0.307 e. The average Bonchev–Trinajstić information content (AvgIpc) is 3.08. The summed E-state index contributed by atoms with van der Waals surface area (Å²) < 4.78 is 0. The Morgan fingerprint density at radius 3 is 2.29 bits per heavy atom. The van der Waals surface area contributed by atoms with Gasteiger partial charge in [-0.05, 0) is 50.2 Å². The van der Waals surface area contributed by atoms with E-state index in [1.54, 1.807) is 0 Å². The third-order valence-corrected chi connectivity index (χ3v) is 6.54. The Bertz CT molecular complexity index is 456. The van der Waals surface area contributed by atoms with Crippen molar-refractivity contribution in [3.05, 3.63) is 12.2 Å². The minimum atomic E-state index is -0.821. The van der Waals surface area contributed by atoms with Crippen LogP contribution >= 0.6 is 11.8 Å². The average molecular weight is 309 g/mol. The van der Waals surface area contributed by atoms with Crippen LogP contribution < -0.4 is 5.32 Å². The van der Waals surface area contributed by atoms with Crippen LogP contribution in [0, 0.1) is 23.7 Å². The van der Waals surface area contributed by atoms with Gasteiger partial charge in [-0.2, -0.15) is 11.8 Å². The zero-order chi connectivity index (χ0) is 15.0. The molecular formula is C16H23NO3S. The van der Waals surface area contributed by atoms with Crippen molar-refractivity contribution < 1.29 is 14.7 Å². The second-order valence-corrected chi connectivity index (χ2v) is 7.69. The SMILES string of the molecule is CSC1CCC(NC(=O)[C@H]2C3C=CC(C3)[C@H]2C(=O)O)CC1. The van der Waals surface area contributed by atoms with Gasteiger partial charge in [-0.3, -0.25) is 9.59 Å². The first-order valence-corrected chi connectivity index (χ1v) is 9.13. The quantitative estimate of drug-likeness (QED) is 0.782. The molecule has 2 fully saturated rings. The van der Waals surface area contributed by atoms with Crippen molar-refractivity contribution in [3.8, 4) is 0 Å². The van der Waals surface area contributed by atoms with E-state index >= 15 is 0 Å². The third-order valence-electron chi connectivity index (χ3n) is 5.40. The highest BCUT2D eigenvalue weighted by Crippen LogP contribution is 2.48. The number of carbonyl (C=O) groups excluding carboxylic acids is 1. The van der Waals surface area contributed by atoms with Crippen LogP contribution in [0.3, 0.4) is 0 Å². The Balaban J connectivity index is 1.60. The van der Waals surface area contributed by atoms with Gasteiger partial charge in [-0.15, -0.1) is 0 Å². The summed E-state index contributed by atoms with van der Waals surface area (Å²) in [6.07, 6.45) is 11.3. The van der Waals surface area contributed by atoms with E-state index in [9.17, 15) is 14.7 Å². The molecule has 0 radical (unpaired) electrons. The van der Waals surface area contributed by atoms with Crippen molar-refractivity contribution in [2.45, 2.75) is 43.4 Å². The van der Waals surface area contributed by atoms with Crippen LogP contribution in [0.15, 0.2) is 12.2 Å². The van der Waals surface area contributed by atoms with Gasteiger partial charge in [0.1, 0.15) is 0 Å². The maximum atomic E-state index is 12.6. The first kappa shape index (κ1) is 14.9. The molecule has 0 heterocycles. The maximum Gasteiger partial charge on any atom is 0.307 e. The number of carboxylic acid groups (broad SMARTS) is 1. The molecule has 3 rings (SSSR count). The van der Waals surface area contributed by atoms with Crippen molar-refractivity contribution in [2.24, 2.45) is 23.7 Å². The number of fused-ring (bicyclic) bond motifs is 2. The summed E-state index contributed by atoms with van der Waals surface area (Å²) in [5.41, 5.74) is 0. The molecule has 2 saturated carbocycles. The van der Waals surface area contributed by atoms with Gasteiger partial charge < -0.3 is 10.4 Å². The molecule has 3 aliphatic rings. The molecule has 4 atom stereocenters. The predicted molar refractivity (Wildman–Crippen MR) is 83.1 cm³/mol. The Labute approximate surface area is 129 Å². The number of hydrogen-bond acceptors (Lipinski definition) is 3. The lowest BCUT2D eigenvalue weighted by Gasteiger charge is -2.31. The minimum absolute atomic E-state index is 0.0353. The van der Waals surface area contributed by atoms with E-state index in [1.807, 2.05) is 23.9 Å². The van der Waals surface area contributed by atoms with Crippen molar-refractivity contribution in [1.82, 2.24) is 5.32 Å². The molecule has 0 saturated heterocycles. The molecule has 1 amide bonds. The van der Waals surface area contributed by atoms with Gasteiger partial charge in [0.25, 0.3) is 0 Å². The van der Waals surface area contributed by atoms with Crippen LogP contribution in [-0.2, 0) is 9.59 Å². The summed E-state index contributed by atoms with van der Waals surface area (Å²) in [5.74, 6) is -1.57. The maximum absolute atomic E-state index is 12.6. The molecule has 0 aromatic carbocycles. The summed E-state index contributed by atoms with van der Waals surface area (Å²) in [7, 11) is 0. The highest BCUT2D eigenvalue weighted by Gasteiger charge is 2.51. The standard InChI is InChI=1S/C16H23NO3S/c1-21-12-6-4-11(5-7-12)17-15(18)13-9-2-3-10(8-9)14(13)16(19)20/h2-3,9-14H,4-8H2,1H3,(H,17,18)(H,19,20)/t9?,10?,11?,12?,13-,14+/m0/s1. The van der Waals surface area contributed by atoms with Gasteiger partial charge in [0.2, 0.25) is 5.91 Å². The summed E-state index contributed by atoms with van der Waals surface area (Å²) in [6.45, 7) is 0. The highest BCUT2D eigenvalue weighted by molar-refractivity contribution is 7.99. The normalized spacial score (nSPS) is 41.2. The molecule has 5 heteroatoms. The Morgan fingerprint density at radius 2 is 1.71 bits per heavy atom. The monoisotopic (exact) mass is 309 g/mol. The highest BCUT2D eigenvalue weighted by atomic mass is 32.2. The molecule has 0 aromatic rings. The van der Waals surface area contributed by atoms with Gasteiger partial charge in [0.05, 0.1) is 11.8 Å². The van der Waals surface area contributed by atoms with Crippen LogP contribution in [-0.4, -0.2) is 34.5 Å². The van der Waals surface area contributed by atoms with Crippen LogP contribution in [0.2, 0.25) is 0 Å². The van der Waals surface area contributed by atoms with E-state index < -0.39 is 11.9 Å². The number of aliphatic carboxylic acids is 1. The summed E-state index contributed by atoms with van der Waals surface area (Å²) >= 11 is 1.91. The first-order chi connectivity index (χ1) is 10.1. The Kier molecular flexibility index (Phi) is 4.29. The fourth-order valence-corrected chi connectivity index (χ4v) is 5.00. The van der Waals surface area contributed by atoms with Crippen LogP contribution in [0.25, 0.3) is 0 Å². The number of hydrogen-bond donors (Lipinski definition) is 2. The minimum Gasteiger partial charge on any atom is -0.481 e. The van der Waals surface area contributed by atoms with Gasteiger partial charge in [-0.25, -0.2) is 0 Å². The molecule has 4 nitrogen and oxygen atoms in total. The second kappa shape index (κ2) is 6.03. The third kappa shape index (κ3) is 2.85. The fourth-order valence-electron chi connectivity index (χ4n) is 4.26. The van der Waals surface area contributed by atoms with Crippen LogP contribution in [0.4, 0.5) is 0 Å². The number of nitrogens with one attached hydrogen (secondary N) is 1. The topological polar surface area (TPSA) is 66.4 Å². The largest absolute Gasteiger partial charge is 0.481 e. The van der Waals surface area contributed by atoms with Crippen LogP contribution in [0.1, 0.15) is 32.1 Å². The molecule has 116 valence electrons. The van der Waals surface area contributed by atoms with Gasteiger partial charge in [-0.1, -0.05) is 12.2 Å². The van der Waals surface area contributed by atoms with E-state index in [0.717, 1.165) is 37.4 Å². The van der Waals surface area contributed by atoms with Gasteiger partial charge in [0.15, 0.2) is 0 Å².